The number of nitro groups is 1. The summed E-state index contributed by atoms with van der Waals surface area (Å²) in [4.78, 5) is 19.6. The number of non-ortho nitro benzene ring substituents is 1. The van der Waals surface area contributed by atoms with Crippen LogP contribution in [0, 0.1) is 10.1 Å². The first-order valence-electron chi connectivity index (χ1n) is 8.47. The fourth-order valence-corrected chi connectivity index (χ4v) is 3.03. The zero-order chi connectivity index (χ0) is 17.9. The molecular formula is C19H17N3O4. The van der Waals surface area contributed by atoms with E-state index < -0.39 is 4.92 Å². The van der Waals surface area contributed by atoms with Crippen molar-refractivity contribution in [2.75, 3.05) is 13.2 Å². The molecule has 0 radical (unpaired) electrons. The molecule has 1 unspecified atom stereocenters. The van der Waals surface area contributed by atoms with E-state index in [9.17, 15) is 10.1 Å². The lowest BCUT2D eigenvalue weighted by atomic mass is 10.1. The summed E-state index contributed by atoms with van der Waals surface area (Å²) in [6.07, 6.45) is 2.06. The third kappa shape index (κ3) is 3.34. The molecule has 0 amide bonds. The average Bonchev–Trinajstić information content (AvgIpc) is 3.19. The molecule has 26 heavy (non-hydrogen) atoms. The number of benzene rings is 2. The molecule has 1 saturated heterocycles. The summed E-state index contributed by atoms with van der Waals surface area (Å²) in [6.45, 7) is 1.15. The van der Waals surface area contributed by atoms with E-state index in [-0.39, 0.29) is 17.8 Å². The predicted octanol–water partition coefficient (Wildman–Crippen LogP) is 3.76. The monoisotopic (exact) mass is 351 g/mol. The lowest BCUT2D eigenvalue weighted by molar-refractivity contribution is -0.384. The first-order valence-corrected chi connectivity index (χ1v) is 8.47. The van der Waals surface area contributed by atoms with Crippen molar-refractivity contribution < 1.29 is 14.4 Å². The van der Waals surface area contributed by atoms with Gasteiger partial charge in [-0.1, -0.05) is 30.3 Å². The zero-order valence-electron chi connectivity index (χ0n) is 14.0. The van der Waals surface area contributed by atoms with Crippen LogP contribution >= 0.6 is 0 Å². The largest absolute Gasteiger partial charge is 0.461 e. The van der Waals surface area contributed by atoms with Crippen molar-refractivity contribution in [1.82, 2.24) is 9.97 Å². The van der Waals surface area contributed by atoms with Crippen LogP contribution in [-0.4, -0.2) is 34.2 Å². The van der Waals surface area contributed by atoms with Gasteiger partial charge in [0.05, 0.1) is 22.2 Å². The third-order valence-electron chi connectivity index (χ3n) is 4.34. The number of nitrogens with zero attached hydrogens (tertiary/aromatic N) is 3. The van der Waals surface area contributed by atoms with E-state index in [1.807, 2.05) is 30.3 Å². The van der Waals surface area contributed by atoms with Crippen LogP contribution in [0.25, 0.3) is 22.2 Å². The van der Waals surface area contributed by atoms with Crippen molar-refractivity contribution in [3.8, 4) is 17.3 Å². The molecule has 0 bridgehead atoms. The molecule has 0 spiro atoms. The maximum Gasteiger partial charge on any atom is 0.317 e. The van der Waals surface area contributed by atoms with Crippen molar-refractivity contribution >= 4 is 16.6 Å². The molecular weight excluding hydrogens is 334 g/mol. The molecule has 132 valence electrons. The lowest BCUT2D eigenvalue weighted by Gasteiger charge is -2.12. The number of hydrogen-bond acceptors (Lipinski definition) is 6. The summed E-state index contributed by atoms with van der Waals surface area (Å²) >= 11 is 0. The SMILES string of the molecule is O=[N+]([O-])c1ccc2nc(OCC3CCCO3)nc(-c3ccccc3)c2c1. The first-order chi connectivity index (χ1) is 12.7. The van der Waals surface area contributed by atoms with Gasteiger partial charge < -0.3 is 9.47 Å². The first kappa shape index (κ1) is 16.4. The Labute approximate surface area is 149 Å². The van der Waals surface area contributed by atoms with Gasteiger partial charge >= 0.3 is 6.01 Å². The maximum absolute atomic E-state index is 11.1. The molecule has 4 rings (SSSR count). The summed E-state index contributed by atoms with van der Waals surface area (Å²) in [5.74, 6) is 0. The fourth-order valence-electron chi connectivity index (χ4n) is 3.03. The van der Waals surface area contributed by atoms with Gasteiger partial charge in [0.25, 0.3) is 5.69 Å². The maximum atomic E-state index is 11.1. The highest BCUT2D eigenvalue weighted by molar-refractivity contribution is 5.93. The van der Waals surface area contributed by atoms with Crippen LogP contribution in [0.4, 0.5) is 5.69 Å². The standard InChI is InChI=1S/C19H17N3O4/c23-22(24)14-8-9-17-16(11-14)18(13-5-2-1-3-6-13)21-19(20-17)26-12-15-7-4-10-25-15/h1-3,5-6,8-9,11,15H,4,7,10,12H2. The molecule has 7 heteroatoms. The van der Waals surface area contributed by atoms with E-state index in [0.717, 1.165) is 25.0 Å². The highest BCUT2D eigenvalue weighted by atomic mass is 16.6. The number of ether oxygens (including phenoxy) is 2. The molecule has 1 fully saturated rings. The summed E-state index contributed by atoms with van der Waals surface area (Å²) in [6, 6.07) is 14.3. The summed E-state index contributed by atoms with van der Waals surface area (Å²) in [5.41, 5.74) is 2.07. The van der Waals surface area contributed by atoms with Gasteiger partial charge in [-0.15, -0.1) is 0 Å². The summed E-state index contributed by atoms with van der Waals surface area (Å²) < 4.78 is 11.3. The molecule has 7 nitrogen and oxygen atoms in total. The van der Waals surface area contributed by atoms with Crippen LogP contribution in [0.15, 0.2) is 48.5 Å². The Morgan fingerprint density at radius 2 is 2.04 bits per heavy atom. The van der Waals surface area contributed by atoms with E-state index >= 15 is 0 Å². The normalized spacial score (nSPS) is 16.7. The Bertz CT molecular complexity index is 940. The van der Waals surface area contributed by atoms with E-state index in [2.05, 4.69) is 9.97 Å². The number of rotatable bonds is 5. The number of nitro benzene ring substituents is 1. The molecule has 1 aliphatic rings. The van der Waals surface area contributed by atoms with Crippen LogP contribution < -0.4 is 4.74 Å². The van der Waals surface area contributed by atoms with Gasteiger partial charge in [-0.25, -0.2) is 0 Å². The highest BCUT2D eigenvalue weighted by Gasteiger charge is 2.18. The third-order valence-corrected chi connectivity index (χ3v) is 4.34. The lowest BCUT2D eigenvalue weighted by Crippen LogP contribution is -2.17. The average molecular weight is 351 g/mol. The van der Waals surface area contributed by atoms with Gasteiger partial charge in [0.2, 0.25) is 0 Å². The van der Waals surface area contributed by atoms with E-state index in [1.54, 1.807) is 6.07 Å². The minimum Gasteiger partial charge on any atom is -0.461 e. The van der Waals surface area contributed by atoms with Crippen LogP contribution in [0.3, 0.4) is 0 Å². The van der Waals surface area contributed by atoms with Gasteiger partial charge in [-0.3, -0.25) is 10.1 Å². The van der Waals surface area contributed by atoms with E-state index in [4.69, 9.17) is 9.47 Å². The molecule has 1 aromatic heterocycles. The minimum atomic E-state index is -0.421. The number of hydrogen-bond donors (Lipinski definition) is 0. The second-order valence-corrected chi connectivity index (χ2v) is 6.13. The molecule has 1 aliphatic heterocycles. The summed E-state index contributed by atoms with van der Waals surface area (Å²) in [7, 11) is 0. The molecule has 1 atom stereocenters. The smallest absolute Gasteiger partial charge is 0.317 e. The molecule has 0 aliphatic carbocycles. The van der Waals surface area contributed by atoms with Crippen LogP contribution in [0.2, 0.25) is 0 Å². The Morgan fingerprint density at radius 3 is 2.77 bits per heavy atom. The van der Waals surface area contributed by atoms with Gasteiger partial charge in [0.15, 0.2) is 0 Å². The quantitative estimate of drug-likeness (QED) is 0.514. The van der Waals surface area contributed by atoms with Crippen LogP contribution in [0.5, 0.6) is 6.01 Å². The predicted molar refractivity (Wildman–Crippen MR) is 96.1 cm³/mol. The van der Waals surface area contributed by atoms with Crippen molar-refractivity contribution in [2.24, 2.45) is 0 Å². The minimum absolute atomic E-state index is 0.00584. The molecule has 2 aromatic carbocycles. The van der Waals surface area contributed by atoms with Crippen LogP contribution in [0.1, 0.15) is 12.8 Å². The van der Waals surface area contributed by atoms with Crippen molar-refractivity contribution in [1.29, 1.82) is 0 Å². The van der Waals surface area contributed by atoms with Crippen LogP contribution in [-0.2, 0) is 4.74 Å². The molecule has 0 saturated carbocycles. The molecule has 3 aromatic rings. The fraction of sp³-hybridized carbons (Fsp3) is 0.263. The number of aromatic nitrogens is 2. The van der Waals surface area contributed by atoms with Crippen molar-refractivity contribution in [3.63, 3.8) is 0 Å². The van der Waals surface area contributed by atoms with E-state index in [1.165, 1.54) is 12.1 Å². The Morgan fingerprint density at radius 1 is 1.19 bits per heavy atom. The Balaban J connectivity index is 1.77. The summed E-state index contributed by atoms with van der Waals surface area (Å²) in [5, 5.41) is 11.8. The van der Waals surface area contributed by atoms with Crippen molar-refractivity contribution in [3.05, 3.63) is 58.6 Å². The van der Waals surface area contributed by atoms with E-state index in [0.29, 0.717) is 23.2 Å². The van der Waals surface area contributed by atoms with Gasteiger partial charge in [0, 0.05) is 29.7 Å². The van der Waals surface area contributed by atoms with Crippen molar-refractivity contribution in [2.45, 2.75) is 18.9 Å². The highest BCUT2D eigenvalue weighted by Crippen LogP contribution is 2.30. The molecule has 2 heterocycles. The Hall–Kier alpha value is -3.06. The van der Waals surface area contributed by atoms with Gasteiger partial charge in [-0.05, 0) is 18.9 Å². The van der Waals surface area contributed by atoms with Gasteiger partial charge in [-0.2, -0.15) is 9.97 Å². The second kappa shape index (κ2) is 7.05. The zero-order valence-corrected chi connectivity index (χ0v) is 14.0. The van der Waals surface area contributed by atoms with Gasteiger partial charge in [0.1, 0.15) is 6.61 Å². The Kier molecular flexibility index (Phi) is 4.45. The number of fused-ring (bicyclic) bond motifs is 1. The second-order valence-electron chi connectivity index (χ2n) is 6.13. The molecule has 0 N–H and O–H groups in total. The topological polar surface area (TPSA) is 87.4 Å².